The summed E-state index contributed by atoms with van der Waals surface area (Å²) < 4.78 is 17.0. The fourth-order valence-corrected chi connectivity index (χ4v) is 2.97. The van der Waals surface area contributed by atoms with Gasteiger partial charge in [-0.1, -0.05) is 24.3 Å². The minimum atomic E-state index is -0.399. The van der Waals surface area contributed by atoms with Crippen molar-refractivity contribution in [1.82, 2.24) is 4.90 Å². The first-order valence-corrected chi connectivity index (χ1v) is 7.84. The van der Waals surface area contributed by atoms with Crippen LogP contribution < -0.4 is 0 Å². The van der Waals surface area contributed by atoms with Crippen LogP contribution in [0.25, 0.3) is 4.85 Å². The van der Waals surface area contributed by atoms with E-state index in [9.17, 15) is 4.79 Å². The molecule has 0 aromatic heterocycles. The Balaban J connectivity index is 1.59. The van der Waals surface area contributed by atoms with Gasteiger partial charge in [-0.2, -0.15) is 0 Å². The van der Waals surface area contributed by atoms with Gasteiger partial charge in [-0.05, 0) is 19.8 Å². The van der Waals surface area contributed by atoms with Crippen LogP contribution in [0.3, 0.4) is 0 Å². The minimum Gasteiger partial charge on any atom is -0.450 e. The molecule has 0 bridgehead atoms. The second-order valence-corrected chi connectivity index (χ2v) is 5.83. The third-order valence-corrected chi connectivity index (χ3v) is 4.35. The van der Waals surface area contributed by atoms with Crippen LogP contribution in [-0.4, -0.2) is 42.9 Å². The molecule has 6 nitrogen and oxygen atoms in total. The zero-order chi connectivity index (χ0) is 16.3. The van der Waals surface area contributed by atoms with Crippen LogP contribution in [0, 0.1) is 6.57 Å². The van der Waals surface area contributed by atoms with Crippen molar-refractivity contribution < 1.29 is 19.0 Å². The lowest BCUT2D eigenvalue weighted by Gasteiger charge is -2.37. The number of nitrogens with zero attached hydrogens (tertiary/aromatic N) is 2. The number of benzene rings is 1. The van der Waals surface area contributed by atoms with Gasteiger partial charge in [0.2, 0.25) is 0 Å². The Bertz CT molecular complexity index is 600. The van der Waals surface area contributed by atoms with Gasteiger partial charge in [-0.3, -0.25) is 0 Å². The van der Waals surface area contributed by atoms with Crippen LogP contribution in [0.1, 0.15) is 31.6 Å². The summed E-state index contributed by atoms with van der Waals surface area (Å²) in [6, 6.07) is 7.27. The second-order valence-electron chi connectivity index (χ2n) is 5.83. The van der Waals surface area contributed by atoms with Gasteiger partial charge in [-0.25, -0.2) is 9.64 Å². The Morgan fingerprint density at radius 3 is 2.70 bits per heavy atom. The zero-order valence-corrected chi connectivity index (χ0v) is 13.2. The Kier molecular flexibility index (Phi) is 4.51. The quantitative estimate of drug-likeness (QED) is 0.786. The molecule has 3 rings (SSSR count). The van der Waals surface area contributed by atoms with Gasteiger partial charge < -0.3 is 19.1 Å². The molecule has 1 amide bonds. The molecule has 0 saturated carbocycles. The first kappa shape index (κ1) is 15.8. The van der Waals surface area contributed by atoms with E-state index in [1.165, 1.54) is 0 Å². The van der Waals surface area contributed by atoms with E-state index in [-0.39, 0.29) is 11.7 Å². The summed E-state index contributed by atoms with van der Waals surface area (Å²) in [5, 5.41) is 0. The third kappa shape index (κ3) is 3.31. The van der Waals surface area contributed by atoms with Gasteiger partial charge in [0.1, 0.15) is 0 Å². The highest BCUT2D eigenvalue weighted by atomic mass is 16.7. The summed E-state index contributed by atoms with van der Waals surface area (Å²) in [5.74, 6) is 0. The first-order valence-electron chi connectivity index (χ1n) is 7.84. The number of carbonyl (C=O) groups is 1. The SMILES string of the molecule is [C-]#[N+]c1ccc(C2OCC3(CCN(C(=O)OCC)CC3)O2)cc1. The Labute approximate surface area is 135 Å². The lowest BCUT2D eigenvalue weighted by atomic mass is 9.92. The van der Waals surface area contributed by atoms with Crippen LogP contribution in [0.15, 0.2) is 24.3 Å². The van der Waals surface area contributed by atoms with E-state index in [4.69, 9.17) is 20.8 Å². The molecular weight excluding hydrogens is 296 g/mol. The molecule has 0 radical (unpaired) electrons. The number of ether oxygens (including phenoxy) is 3. The molecular formula is C17H20N2O4. The highest BCUT2D eigenvalue weighted by Crippen LogP contribution is 2.40. The predicted molar refractivity (Wildman–Crippen MR) is 83.0 cm³/mol. The van der Waals surface area contributed by atoms with Gasteiger partial charge in [-0.15, -0.1) is 0 Å². The smallest absolute Gasteiger partial charge is 0.409 e. The molecule has 2 fully saturated rings. The fraction of sp³-hybridized carbons (Fsp3) is 0.529. The fourth-order valence-electron chi connectivity index (χ4n) is 2.97. The topological polar surface area (TPSA) is 52.4 Å². The first-order chi connectivity index (χ1) is 11.2. The van der Waals surface area contributed by atoms with Crippen molar-refractivity contribution in [2.45, 2.75) is 31.7 Å². The maximum absolute atomic E-state index is 11.8. The molecule has 2 aliphatic heterocycles. The van der Waals surface area contributed by atoms with Gasteiger partial charge >= 0.3 is 6.09 Å². The van der Waals surface area contributed by atoms with Crippen LogP contribution in [0.2, 0.25) is 0 Å². The van der Waals surface area contributed by atoms with Crippen molar-refractivity contribution >= 4 is 11.8 Å². The lowest BCUT2D eigenvalue weighted by Crippen LogP contribution is -2.48. The van der Waals surface area contributed by atoms with Crippen LogP contribution in [0.4, 0.5) is 10.5 Å². The van der Waals surface area contributed by atoms with Crippen LogP contribution in [0.5, 0.6) is 0 Å². The van der Waals surface area contributed by atoms with Crippen molar-refractivity contribution in [2.75, 3.05) is 26.3 Å². The number of amides is 1. The monoisotopic (exact) mass is 316 g/mol. The average molecular weight is 316 g/mol. The molecule has 0 N–H and O–H groups in total. The highest BCUT2D eigenvalue weighted by Gasteiger charge is 2.44. The largest absolute Gasteiger partial charge is 0.450 e. The molecule has 2 saturated heterocycles. The average Bonchev–Trinajstić information content (AvgIpc) is 2.99. The maximum atomic E-state index is 11.8. The maximum Gasteiger partial charge on any atom is 0.409 e. The molecule has 23 heavy (non-hydrogen) atoms. The van der Waals surface area contributed by atoms with Gasteiger partial charge in [0.15, 0.2) is 12.0 Å². The standard InChI is InChI=1S/C17H20N2O4/c1-3-21-16(20)19-10-8-17(9-11-19)12-22-15(23-17)13-4-6-14(18-2)7-5-13/h4-7,15H,3,8-12H2,1H3. The Morgan fingerprint density at radius 1 is 1.39 bits per heavy atom. The number of carbonyl (C=O) groups excluding carboxylic acids is 1. The number of hydrogen-bond donors (Lipinski definition) is 0. The van der Waals surface area contributed by atoms with Crippen molar-refractivity contribution in [2.24, 2.45) is 0 Å². The minimum absolute atomic E-state index is 0.257. The van der Waals surface area contributed by atoms with E-state index in [2.05, 4.69) is 4.85 Å². The van der Waals surface area contributed by atoms with E-state index >= 15 is 0 Å². The second kappa shape index (κ2) is 6.57. The highest BCUT2D eigenvalue weighted by molar-refractivity contribution is 5.67. The van der Waals surface area contributed by atoms with E-state index < -0.39 is 6.29 Å². The predicted octanol–water partition coefficient (Wildman–Crippen LogP) is 3.27. The molecule has 122 valence electrons. The lowest BCUT2D eigenvalue weighted by molar-refractivity contribution is -0.107. The van der Waals surface area contributed by atoms with Crippen LogP contribution >= 0.6 is 0 Å². The van der Waals surface area contributed by atoms with Crippen LogP contribution in [-0.2, 0) is 14.2 Å². The molecule has 1 unspecified atom stereocenters. The van der Waals surface area contributed by atoms with E-state index in [0.29, 0.717) is 32.0 Å². The summed E-state index contributed by atoms with van der Waals surface area (Å²) in [5.41, 5.74) is 1.19. The van der Waals surface area contributed by atoms with Crippen molar-refractivity contribution in [1.29, 1.82) is 0 Å². The summed E-state index contributed by atoms with van der Waals surface area (Å²) in [7, 11) is 0. The molecule has 0 aliphatic carbocycles. The van der Waals surface area contributed by atoms with Crippen molar-refractivity contribution in [3.63, 3.8) is 0 Å². The number of hydrogen-bond acceptors (Lipinski definition) is 4. The summed E-state index contributed by atoms with van der Waals surface area (Å²) in [6.07, 6.45) is 0.821. The van der Waals surface area contributed by atoms with Crippen molar-refractivity contribution in [3.8, 4) is 0 Å². The molecule has 1 spiro atoms. The van der Waals surface area contributed by atoms with Crippen molar-refractivity contribution in [3.05, 3.63) is 41.2 Å². The van der Waals surface area contributed by atoms with Gasteiger partial charge in [0.25, 0.3) is 0 Å². The molecule has 1 atom stereocenters. The van der Waals surface area contributed by atoms with E-state index in [0.717, 1.165) is 18.4 Å². The molecule has 6 heteroatoms. The number of rotatable bonds is 2. The molecule has 2 aliphatic rings. The molecule has 1 aromatic carbocycles. The molecule has 1 aromatic rings. The molecule has 2 heterocycles. The summed E-state index contributed by atoms with van der Waals surface area (Å²) in [4.78, 5) is 16.9. The van der Waals surface area contributed by atoms with E-state index in [1.807, 2.05) is 12.1 Å². The number of likely N-dealkylation sites (tertiary alicyclic amines) is 1. The summed E-state index contributed by atoms with van der Waals surface area (Å²) in [6.45, 7) is 10.9. The normalized spacial score (nSPS) is 22.8. The third-order valence-electron chi connectivity index (χ3n) is 4.35. The summed E-state index contributed by atoms with van der Waals surface area (Å²) >= 11 is 0. The van der Waals surface area contributed by atoms with E-state index in [1.54, 1.807) is 24.0 Å². The van der Waals surface area contributed by atoms with Gasteiger partial charge in [0.05, 0.1) is 25.4 Å². The number of piperidine rings is 1. The zero-order valence-electron chi connectivity index (χ0n) is 13.2. The Hall–Kier alpha value is -2.10. The Morgan fingerprint density at radius 2 is 2.09 bits per heavy atom. The van der Waals surface area contributed by atoms with Gasteiger partial charge in [0, 0.05) is 18.7 Å².